The van der Waals surface area contributed by atoms with Crippen LogP contribution < -0.4 is 0 Å². The number of nitrogens with zero attached hydrogens (tertiary/aromatic N) is 1. The van der Waals surface area contributed by atoms with Crippen molar-refractivity contribution >= 4 is 5.97 Å². The second-order valence-corrected chi connectivity index (χ2v) is 6.06. The van der Waals surface area contributed by atoms with Gasteiger partial charge in [0.1, 0.15) is 6.10 Å². The van der Waals surface area contributed by atoms with Crippen LogP contribution in [0.15, 0.2) is 0 Å². The monoisotopic (exact) mass is 333 g/mol. The van der Waals surface area contributed by atoms with Gasteiger partial charge in [0.05, 0.1) is 0 Å². The van der Waals surface area contributed by atoms with E-state index >= 15 is 0 Å². The molecule has 0 aliphatic heterocycles. The van der Waals surface area contributed by atoms with Crippen molar-refractivity contribution < 1.29 is 19.8 Å². The number of carboxylic acids is 1. The molecule has 0 saturated heterocycles. The minimum absolute atomic E-state index is 0.324. The molecular formula is C17H35NO5. The standard InChI is InChI=1S/C14H28O2.C3H7NO3/c1-2-3-4-5-6-7-8-9-10-11-12-13-14(15)16;1-3(2)7-4(5)6/h2-13H2,1H3,(H,15,16);3H,1-2H3. The normalized spacial score (nSPS) is 10.1. The van der Waals surface area contributed by atoms with Gasteiger partial charge in [-0.2, -0.15) is 0 Å². The summed E-state index contributed by atoms with van der Waals surface area (Å²) in [5.74, 6) is -0.657. The Labute approximate surface area is 140 Å². The van der Waals surface area contributed by atoms with Crippen LogP contribution in [0, 0.1) is 10.1 Å². The maximum absolute atomic E-state index is 10.3. The van der Waals surface area contributed by atoms with Crippen molar-refractivity contribution in [3.8, 4) is 0 Å². The molecule has 0 fully saturated rings. The molecule has 0 aromatic heterocycles. The summed E-state index contributed by atoms with van der Waals surface area (Å²) in [6.45, 7) is 5.45. The molecule has 0 aliphatic carbocycles. The number of hydrogen-bond acceptors (Lipinski definition) is 4. The summed E-state index contributed by atoms with van der Waals surface area (Å²) in [7, 11) is 0. The van der Waals surface area contributed by atoms with E-state index in [9.17, 15) is 14.9 Å². The summed E-state index contributed by atoms with van der Waals surface area (Å²) >= 11 is 0. The summed E-state index contributed by atoms with van der Waals surface area (Å²) in [4.78, 5) is 23.6. The van der Waals surface area contributed by atoms with Gasteiger partial charge in [-0.3, -0.25) is 4.79 Å². The smallest absolute Gasteiger partial charge is 0.303 e. The molecule has 6 heteroatoms. The fourth-order valence-corrected chi connectivity index (χ4v) is 2.11. The number of carbonyl (C=O) groups is 1. The van der Waals surface area contributed by atoms with Crippen molar-refractivity contribution in [2.75, 3.05) is 0 Å². The lowest BCUT2D eigenvalue weighted by Crippen LogP contribution is -2.07. The number of carboxylic acid groups (broad SMARTS) is 1. The molecule has 6 nitrogen and oxygen atoms in total. The average Bonchev–Trinajstić information content (AvgIpc) is 2.43. The molecule has 0 aromatic rings. The van der Waals surface area contributed by atoms with Gasteiger partial charge in [0.15, 0.2) is 0 Å². The molecular weight excluding hydrogens is 298 g/mol. The Morgan fingerprint density at radius 2 is 1.35 bits per heavy atom. The third kappa shape index (κ3) is 29.3. The Morgan fingerprint density at radius 3 is 1.61 bits per heavy atom. The molecule has 0 radical (unpaired) electrons. The molecule has 0 spiro atoms. The van der Waals surface area contributed by atoms with Crippen molar-refractivity contribution in [2.45, 2.75) is 104 Å². The molecule has 0 unspecified atom stereocenters. The fraction of sp³-hybridized carbons (Fsp3) is 0.941. The quantitative estimate of drug-likeness (QED) is 0.262. The van der Waals surface area contributed by atoms with Gasteiger partial charge in [-0.25, -0.2) is 0 Å². The first-order valence-corrected chi connectivity index (χ1v) is 8.93. The molecule has 0 heterocycles. The number of aliphatic carboxylic acids is 1. The molecule has 0 rings (SSSR count). The van der Waals surface area contributed by atoms with E-state index in [1.54, 1.807) is 13.8 Å². The first-order valence-electron chi connectivity index (χ1n) is 8.93. The highest BCUT2D eigenvalue weighted by Crippen LogP contribution is 2.11. The van der Waals surface area contributed by atoms with Gasteiger partial charge in [0, 0.05) is 6.42 Å². The van der Waals surface area contributed by atoms with Crippen LogP contribution in [0.3, 0.4) is 0 Å². The van der Waals surface area contributed by atoms with Crippen molar-refractivity contribution in [2.24, 2.45) is 0 Å². The molecule has 1 N–H and O–H groups in total. The minimum atomic E-state index is -0.801. The molecule has 0 saturated carbocycles. The van der Waals surface area contributed by atoms with Crippen LogP contribution in [-0.2, 0) is 9.63 Å². The van der Waals surface area contributed by atoms with E-state index in [0.29, 0.717) is 6.42 Å². The highest BCUT2D eigenvalue weighted by molar-refractivity contribution is 5.66. The van der Waals surface area contributed by atoms with Crippen LogP contribution in [-0.4, -0.2) is 22.3 Å². The Hall–Kier alpha value is -1.33. The SMILES string of the molecule is CC(C)O[N+](=O)[O-].CCCCCCCCCCCCCC(=O)O. The van der Waals surface area contributed by atoms with Gasteiger partial charge >= 0.3 is 5.97 Å². The zero-order chi connectivity index (χ0) is 17.9. The highest BCUT2D eigenvalue weighted by atomic mass is 17.0. The highest BCUT2D eigenvalue weighted by Gasteiger charge is 1.97. The number of unbranched alkanes of at least 4 members (excludes halogenated alkanes) is 10. The van der Waals surface area contributed by atoms with Crippen molar-refractivity contribution in [3.05, 3.63) is 10.1 Å². The number of hydrogen-bond donors (Lipinski definition) is 1. The van der Waals surface area contributed by atoms with Crippen molar-refractivity contribution in [1.82, 2.24) is 0 Å². The van der Waals surface area contributed by atoms with Crippen LogP contribution in [0.5, 0.6) is 0 Å². The Morgan fingerprint density at radius 1 is 0.957 bits per heavy atom. The van der Waals surface area contributed by atoms with Crippen molar-refractivity contribution in [1.29, 1.82) is 0 Å². The van der Waals surface area contributed by atoms with E-state index in [1.807, 2.05) is 0 Å². The third-order valence-electron chi connectivity index (χ3n) is 3.29. The van der Waals surface area contributed by atoms with Gasteiger partial charge in [-0.15, -0.1) is 10.1 Å². The lowest BCUT2D eigenvalue weighted by Gasteiger charge is -2.01. The van der Waals surface area contributed by atoms with E-state index in [1.165, 1.54) is 57.8 Å². The first kappa shape index (κ1) is 23.9. The second-order valence-electron chi connectivity index (χ2n) is 6.06. The lowest BCUT2D eigenvalue weighted by molar-refractivity contribution is -0.766. The first-order chi connectivity index (χ1) is 10.9. The number of rotatable bonds is 14. The van der Waals surface area contributed by atoms with E-state index < -0.39 is 11.1 Å². The van der Waals surface area contributed by atoms with Crippen LogP contribution in [0.1, 0.15) is 97.8 Å². The van der Waals surface area contributed by atoms with E-state index in [2.05, 4.69) is 11.8 Å². The van der Waals surface area contributed by atoms with E-state index in [4.69, 9.17) is 5.11 Å². The third-order valence-corrected chi connectivity index (χ3v) is 3.29. The summed E-state index contributed by atoms with van der Waals surface area (Å²) in [6, 6.07) is 0. The predicted molar refractivity (Wildman–Crippen MR) is 91.9 cm³/mol. The Bertz CT molecular complexity index is 282. The molecule has 0 bridgehead atoms. The van der Waals surface area contributed by atoms with Gasteiger partial charge in [0.25, 0.3) is 5.09 Å². The van der Waals surface area contributed by atoms with Crippen molar-refractivity contribution in [3.63, 3.8) is 0 Å². The van der Waals surface area contributed by atoms with Crippen LogP contribution in [0.4, 0.5) is 0 Å². The topological polar surface area (TPSA) is 89.7 Å². The largest absolute Gasteiger partial charge is 0.481 e. The summed E-state index contributed by atoms with van der Waals surface area (Å²) in [5, 5.41) is 17.0. The zero-order valence-electron chi connectivity index (χ0n) is 15.1. The van der Waals surface area contributed by atoms with Crippen LogP contribution in [0.2, 0.25) is 0 Å². The molecule has 0 amide bonds. The maximum Gasteiger partial charge on any atom is 0.303 e. The zero-order valence-corrected chi connectivity index (χ0v) is 15.1. The summed E-state index contributed by atoms with van der Waals surface area (Å²) < 4.78 is 0. The lowest BCUT2D eigenvalue weighted by atomic mass is 10.1. The summed E-state index contributed by atoms with van der Waals surface area (Å²) in [5.41, 5.74) is 0. The molecule has 0 atom stereocenters. The maximum atomic E-state index is 10.3. The average molecular weight is 333 g/mol. The Kier molecular flexibility index (Phi) is 19.5. The van der Waals surface area contributed by atoms with Gasteiger partial charge < -0.3 is 9.94 Å². The molecule has 0 aromatic carbocycles. The molecule has 0 aliphatic rings. The summed E-state index contributed by atoms with van der Waals surface area (Å²) in [6.07, 6.45) is 14.0. The van der Waals surface area contributed by atoms with Gasteiger partial charge in [0.2, 0.25) is 0 Å². The minimum Gasteiger partial charge on any atom is -0.481 e. The van der Waals surface area contributed by atoms with Crippen LogP contribution >= 0.6 is 0 Å². The van der Waals surface area contributed by atoms with Gasteiger partial charge in [-0.05, 0) is 20.3 Å². The van der Waals surface area contributed by atoms with Crippen LogP contribution in [0.25, 0.3) is 0 Å². The van der Waals surface area contributed by atoms with Gasteiger partial charge in [-0.1, -0.05) is 71.1 Å². The van der Waals surface area contributed by atoms with E-state index in [0.717, 1.165) is 12.8 Å². The van der Waals surface area contributed by atoms with E-state index in [-0.39, 0.29) is 6.10 Å². The molecule has 23 heavy (non-hydrogen) atoms. The predicted octanol–water partition coefficient (Wildman–Crippen LogP) is 5.38. The second kappa shape index (κ2) is 18.7. The Balaban J connectivity index is 0. The molecule has 138 valence electrons. The fourth-order valence-electron chi connectivity index (χ4n) is 2.11.